The highest BCUT2D eigenvalue weighted by Gasteiger charge is 2.11. The quantitative estimate of drug-likeness (QED) is 0.0698. The first-order chi connectivity index (χ1) is 41.5. The molecule has 20 heteroatoms. The van der Waals surface area contributed by atoms with E-state index < -0.39 is 39.2 Å². The molecule has 0 heterocycles. The SMILES string of the molecule is C.C.C.C.C.C.C1=CCCCC1.C1=CCCCC1.C1=CCCCC1.CC(C)(C)O.CC(C)(C)O.CC(C)(C)OO.CC(C)(C)OO.CC(C)(C)OO.CC(C)(C)OO.CC(C)(C)OO.O=C1C=CCCC1.O=O.OC1C=CCCC1.OOC1C=CCCC1.OOC1C=CCCC1. The van der Waals surface area contributed by atoms with Gasteiger partial charge in [-0.15, -0.1) is 0 Å². The zero-order chi connectivity index (χ0) is 71.6. The van der Waals surface area contributed by atoms with Gasteiger partial charge < -0.3 is 15.3 Å². The average Bonchev–Trinajstić information content (AvgIpc) is 3.20. The Kier molecular flexibility index (Phi) is 108. The fourth-order valence-electron chi connectivity index (χ4n) is 5.50. The highest BCUT2D eigenvalue weighted by Crippen LogP contribution is 2.14. The molecule has 0 aliphatic heterocycles. The molecule has 586 valence electrons. The number of ketones is 1. The summed E-state index contributed by atoms with van der Waals surface area (Å²) in [5, 5.41) is 81.7. The molecule has 0 amide bonds. The predicted molar refractivity (Wildman–Crippen MR) is 409 cm³/mol. The number of allylic oxidation sites excluding steroid dienone is 11. The lowest BCUT2D eigenvalue weighted by atomic mass is 10.1. The first-order valence-electron chi connectivity index (χ1n) is 32.1. The Morgan fingerprint density at radius 3 is 0.573 bits per heavy atom. The van der Waals surface area contributed by atoms with E-state index in [0.717, 1.165) is 77.0 Å². The standard InChI is InChI=1S/2C6H10O2.C6H10O.C6H8O.3C6H10.5C4H10O2.2C4H10O.6CH4.O2/c2*7-8-6-4-2-1-3-5-6;2*7-6-4-2-1-3-5-6;3*1-2-4-6-5-3-1;5*1-4(2,3)6-5;2*1-4(2,3)5;;;;;;;1-2/h2*2,4,6-7H,1,3,5H2;2,4,6-7H,1,3,5H2;2,4H,1,3,5H2;3*1-2H,3-6H2;5*5H,1-3H3;2*5H,1-3H3;6*1H4;. The van der Waals surface area contributed by atoms with Crippen molar-refractivity contribution in [3.63, 3.8) is 0 Å². The number of hydrogen-bond acceptors (Lipinski definition) is 20. The third-order valence-electron chi connectivity index (χ3n) is 9.86. The Morgan fingerprint density at radius 2 is 0.500 bits per heavy atom. The van der Waals surface area contributed by atoms with E-state index in [9.17, 15) is 4.79 Å². The van der Waals surface area contributed by atoms with E-state index in [1.165, 1.54) is 77.0 Å². The predicted octanol–water partition coefficient (Wildman–Crippen LogP) is 23.7. The Morgan fingerprint density at radius 1 is 0.312 bits per heavy atom. The Labute approximate surface area is 591 Å². The summed E-state index contributed by atoms with van der Waals surface area (Å²) < 4.78 is 0. The lowest BCUT2D eigenvalue weighted by molar-refractivity contribution is -0.306. The van der Waals surface area contributed by atoms with Gasteiger partial charge in [0.2, 0.25) is 0 Å². The molecule has 3 atom stereocenters. The lowest BCUT2D eigenvalue weighted by Gasteiger charge is -2.10. The fraction of sp³-hybridized carbons (Fsp3) is 0.803. The smallest absolute Gasteiger partial charge is 0.155 e. The van der Waals surface area contributed by atoms with Crippen LogP contribution in [0.2, 0.25) is 0 Å². The second-order valence-electron chi connectivity index (χ2n) is 28.3. The molecule has 0 spiro atoms. The van der Waals surface area contributed by atoms with Crippen LogP contribution in [0.15, 0.2) is 85.1 Å². The van der Waals surface area contributed by atoms with Crippen molar-refractivity contribution in [3.8, 4) is 0 Å². The number of carbonyl (C=O) groups excluding carboxylic acids is 1. The molecule has 96 heavy (non-hydrogen) atoms. The summed E-state index contributed by atoms with van der Waals surface area (Å²) >= 11 is 0. The van der Waals surface area contributed by atoms with Gasteiger partial charge in [-0.25, -0.2) is 34.2 Å². The third-order valence-corrected chi connectivity index (χ3v) is 9.86. The van der Waals surface area contributed by atoms with Crippen molar-refractivity contribution in [3.05, 3.63) is 95.0 Å². The van der Waals surface area contributed by atoms with Crippen LogP contribution in [-0.2, 0) is 39.0 Å². The van der Waals surface area contributed by atoms with E-state index in [2.05, 4.69) is 70.7 Å². The van der Waals surface area contributed by atoms with Crippen molar-refractivity contribution in [1.29, 1.82) is 0 Å². The summed E-state index contributed by atoms with van der Waals surface area (Å²) in [7, 11) is 0. The molecule has 20 nitrogen and oxygen atoms in total. The maximum Gasteiger partial charge on any atom is 0.155 e. The van der Waals surface area contributed by atoms with Gasteiger partial charge in [0.25, 0.3) is 0 Å². The summed E-state index contributed by atoms with van der Waals surface area (Å²) in [6.07, 6.45) is 57.7. The minimum absolute atomic E-state index is 0. The van der Waals surface area contributed by atoms with E-state index in [4.69, 9.17) is 62.0 Å². The zero-order valence-corrected chi connectivity index (χ0v) is 60.3. The summed E-state index contributed by atoms with van der Waals surface area (Å²) in [6, 6.07) is 0. The number of rotatable bonds is 2. The Bertz CT molecular complexity index is 1500. The maximum absolute atomic E-state index is 10.4. The molecule has 0 radical (unpaired) electrons. The zero-order valence-electron chi connectivity index (χ0n) is 60.3. The summed E-state index contributed by atoms with van der Waals surface area (Å²) in [6.45, 7) is 37.0. The lowest BCUT2D eigenvalue weighted by Crippen LogP contribution is -2.15. The Hall–Kier alpha value is -3.23. The van der Waals surface area contributed by atoms with Crippen LogP contribution in [0.4, 0.5) is 0 Å². The highest BCUT2D eigenvalue weighted by atomic mass is 17.1. The van der Waals surface area contributed by atoms with Crippen LogP contribution >= 0.6 is 0 Å². The molecule has 10 N–H and O–H groups in total. The van der Waals surface area contributed by atoms with Gasteiger partial charge in [0.1, 0.15) is 12.2 Å². The maximum atomic E-state index is 10.4. The van der Waals surface area contributed by atoms with Crippen molar-refractivity contribution in [2.75, 3.05) is 0 Å². The van der Waals surface area contributed by atoms with Crippen molar-refractivity contribution in [1.82, 2.24) is 0 Å². The minimum atomic E-state index is -0.500. The van der Waals surface area contributed by atoms with E-state index >= 15 is 0 Å². The summed E-state index contributed by atoms with van der Waals surface area (Å²) in [5.74, 6) is 0.284. The van der Waals surface area contributed by atoms with Crippen LogP contribution in [0.25, 0.3) is 0 Å². The molecular formula is C76H162O20. The second kappa shape index (κ2) is 82.4. The van der Waals surface area contributed by atoms with E-state index in [1.807, 2.05) is 42.5 Å². The number of aliphatic hydroxyl groups is 3. The first kappa shape index (κ1) is 126. The molecule has 7 aliphatic rings. The van der Waals surface area contributed by atoms with Crippen LogP contribution in [0, 0.1) is 9.93 Å². The molecule has 7 aliphatic carbocycles. The topological polar surface area (TPSA) is 318 Å². The third kappa shape index (κ3) is 169. The van der Waals surface area contributed by atoms with Crippen LogP contribution < -0.4 is 0 Å². The average molecular weight is 1400 g/mol. The molecule has 7 rings (SSSR count). The molecule has 0 aromatic rings. The molecule has 0 saturated carbocycles. The van der Waals surface area contributed by atoms with Gasteiger partial charge in [0, 0.05) is 16.4 Å². The van der Waals surface area contributed by atoms with Gasteiger partial charge >= 0.3 is 0 Å². The molecular weight excluding hydrogens is 1230 g/mol. The number of carbonyl (C=O) groups is 1. The normalized spacial score (nSPS) is 17.5. The van der Waals surface area contributed by atoms with Crippen molar-refractivity contribution in [2.45, 2.75) is 402 Å². The van der Waals surface area contributed by atoms with Crippen LogP contribution in [-0.4, -0.2) is 115 Å². The monoisotopic (exact) mass is 1400 g/mol. The van der Waals surface area contributed by atoms with Gasteiger partial charge in [-0.3, -0.25) is 41.6 Å². The largest absolute Gasteiger partial charge is 0.391 e. The second-order valence-corrected chi connectivity index (χ2v) is 28.3. The Balaban J connectivity index is -0.0000000626. The van der Waals surface area contributed by atoms with E-state index in [1.54, 1.807) is 151 Å². The molecule has 0 aromatic heterocycles. The van der Waals surface area contributed by atoms with Gasteiger partial charge in [-0.1, -0.05) is 124 Å². The fourth-order valence-corrected chi connectivity index (χ4v) is 5.50. The first-order valence-corrected chi connectivity index (χ1v) is 32.1. The molecule has 3 unspecified atom stereocenters. The number of aliphatic hydroxyl groups excluding tert-OH is 1. The van der Waals surface area contributed by atoms with Crippen molar-refractivity contribution >= 4 is 5.78 Å². The minimum Gasteiger partial charge on any atom is -0.391 e. The summed E-state index contributed by atoms with van der Waals surface area (Å²) in [4.78, 5) is 52.3. The molecule has 0 fully saturated rings. The van der Waals surface area contributed by atoms with Gasteiger partial charge in [-0.2, -0.15) is 0 Å². The van der Waals surface area contributed by atoms with Gasteiger partial charge in [0.05, 0.1) is 45.3 Å². The van der Waals surface area contributed by atoms with Crippen LogP contribution in [0.3, 0.4) is 0 Å². The molecule has 0 bridgehead atoms. The molecule has 0 aromatic carbocycles. The summed E-state index contributed by atoms with van der Waals surface area (Å²) in [5.41, 5.74) is -3.01. The van der Waals surface area contributed by atoms with Crippen molar-refractivity contribution in [2.24, 2.45) is 0 Å². The van der Waals surface area contributed by atoms with Gasteiger partial charge in [-0.05, 0) is 299 Å². The van der Waals surface area contributed by atoms with Crippen molar-refractivity contribution < 1.29 is 91.1 Å². The van der Waals surface area contributed by atoms with Crippen LogP contribution in [0.5, 0.6) is 0 Å². The number of hydrogen-bond donors (Lipinski definition) is 10. The molecule has 0 saturated heterocycles. The highest BCUT2D eigenvalue weighted by molar-refractivity contribution is 5.90. The van der Waals surface area contributed by atoms with E-state index in [-0.39, 0.29) is 68.7 Å². The van der Waals surface area contributed by atoms with E-state index in [0.29, 0.717) is 0 Å². The van der Waals surface area contributed by atoms with Gasteiger partial charge in [0.15, 0.2) is 5.78 Å². The van der Waals surface area contributed by atoms with Crippen LogP contribution in [0.1, 0.15) is 344 Å².